The lowest BCUT2D eigenvalue weighted by atomic mass is 9.96. The first-order valence-electron chi connectivity index (χ1n) is 10.1. The van der Waals surface area contributed by atoms with Gasteiger partial charge in [-0.1, -0.05) is 41.9 Å². The van der Waals surface area contributed by atoms with E-state index in [9.17, 15) is 19.8 Å². The maximum absolute atomic E-state index is 12.6. The fraction of sp³-hybridized carbons (Fsp3) is 0.0769. The number of aromatic carboxylic acids is 1. The van der Waals surface area contributed by atoms with Crippen molar-refractivity contribution in [3.63, 3.8) is 0 Å². The average Bonchev–Trinajstić information content (AvgIpc) is 2.82. The predicted molar refractivity (Wildman–Crippen MR) is 126 cm³/mol. The van der Waals surface area contributed by atoms with Crippen molar-refractivity contribution in [1.29, 1.82) is 0 Å². The predicted octanol–water partition coefficient (Wildman–Crippen LogP) is 4.91. The van der Waals surface area contributed by atoms with Gasteiger partial charge in [0.25, 0.3) is 5.91 Å². The van der Waals surface area contributed by atoms with Crippen LogP contribution in [0.15, 0.2) is 78.9 Å². The second-order valence-electron chi connectivity index (χ2n) is 7.61. The smallest absolute Gasteiger partial charge is 0.335 e. The number of carboxylic acids is 1. The molecule has 0 saturated carbocycles. The highest BCUT2D eigenvalue weighted by molar-refractivity contribution is 6.30. The third kappa shape index (κ3) is 4.98. The van der Waals surface area contributed by atoms with E-state index < -0.39 is 12.1 Å². The molecule has 0 fully saturated rings. The molecule has 4 N–H and O–H groups in total. The Morgan fingerprint density at radius 1 is 0.848 bits per heavy atom. The lowest BCUT2D eigenvalue weighted by Crippen LogP contribution is -2.22. The summed E-state index contributed by atoms with van der Waals surface area (Å²) in [6.45, 7) is 0.347. The van der Waals surface area contributed by atoms with Crippen molar-refractivity contribution >= 4 is 34.2 Å². The summed E-state index contributed by atoms with van der Waals surface area (Å²) >= 11 is 5.88. The molecular weight excluding hydrogens is 442 g/mol. The lowest BCUT2D eigenvalue weighted by Gasteiger charge is -2.15. The minimum absolute atomic E-state index is 0.0998. The number of carboxylic acid groups (broad SMARTS) is 1. The molecule has 4 rings (SSSR count). The molecule has 7 heteroatoms. The van der Waals surface area contributed by atoms with Gasteiger partial charge in [-0.2, -0.15) is 0 Å². The summed E-state index contributed by atoms with van der Waals surface area (Å²) in [6, 6.07) is 21.2. The number of phenols is 1. The monoisotopic (exact) mass is 461 g/mol. The Bertz CT molecular complexity index is 1330. The Labute approximate surface area is 194 Å². The molecule has 0 aliphatic heterocycles. The number of benzene rings is 4. The number of carbonyl (C=O) groups is 2. The molecule has 0 aliphatic rings. The number of rotatable bonds is 6. The molecule has 166 valence electrons. The summed E-state index contributed by atoms with van der Waals surface area (Å²) in [6.07, 6.45) is -1.17. The quantitative estimate of drug-likeness (QED) is 0.326. The SMILES string of the molecule is O=C(O)c1ccc(C(O)c2cc3cc(C(=O)NCc4ccc(Cl)cc4)ccc3cc2O)cc1. The number of hydrogen-bond acceptors (Lipinski definition) is 4. The number of phenolic OH excluding ortho intramolecular Hbond substituents is 1. The van der Waals surface area contributed by atoms with Gasteiger partial charge in [-0.3, -0.25) is 4.79 Å². The minimum atomic E-state index is -1.17. The van der Waals surface area contributed by atoms with Crippen LogP contribution in [-0.4, -0.2) is 27.2 Å². The number of halogens is 1. The van der Waals surface area contributed by atoms with E-state index in [1.807, 2.05) is 12.1 Å². The van der Waals surface area contributed by atoms with Crippen LogP contribution < -0.4 is 5.32 Å². The molecular formula is C26H20ClNO5. The zero-order valence-electron chi connectivity index (χ0n) is 17.3. The molecule has 1 unspecified atom stereocenters. The van der Waals surface area contributed by atoms with Gasteiger partial charge < -0.3 is 20.6 Å². The lowest BCUT2D eigenvalue weighted by molar-refractivity contribution is 0.0696. The Morgan fingerprint density at radius 2 is 1.52 bits per heavy atom. The number of hydrogen-bond donors (Lipinski definition) is 4. The first-order valence-corrected chi connectivity index (χ1v) is 10.5. The van der Waals surface area contributed by atoms with Crippen molar-refractivity contribution < 1.29 is 24.9 Å². The summed E-state index contributed by atoms with van der Waals surface area (Å²) in [4.78, 5) is 23.7. The first kappa shape index (κ1) is 22.3. The third-order valence-corrected chi connectivity index (χ3v) is 5.63. The molecule has 0 saturated heterocycles. The standard InChI is InChI=1S/C26H20ClNO5/c27-21-9-1-15(2-10-21)14-28-25(31)19-8-7-18-13-23(29)22(12-20(18)11-19)24(30)16-3-5-17(6-4-16)26(32)33/h1-13,24,29-30H,14H2,(H,28,31)(H,32,33). The van der Waals surface area contributed by atoms with E-state index in [-0.39, 0.29) is 22.8 Å². The molecule has 0 spiro atoms. The molecule has 33 heavy (non-hydrogen) atoms. The average molecular weight is 462 g/mol. The van der Waals surface area contributed by atoms with Gasteiger partial charge in [0.2, 0.25) is 0 Å². The highest BCUT2D eigenvalue weighted by Crippen LogP contribution is 2.33. The van der Waals surface area contributed by atoms with Crippen LogP contribution in [0, 0.1) is 0 Å². The highest BCUT2D eigenvalue weighted by Gasteiger charge is 2.17. The van der Waals surface area contributed by atoms with Gasteiger partial charge in [0, 0.05) is 22.7 Å². The molecule has 1 amide bonds. The Kier molecular flexibility index (Phi) is 6.31. The Balaban J connectivity index is 1.58. The second kappa shape index (κ2) is 9.32. The second-order valence-corrected chi connectivity index (χ2v) is 8.05. The normalized spacial score (nSPS) is 11.8. The number of amides is 1. The number of aliphatic hydroxyl groups excluding tert-OH is 1. The van der Waals surface area contributed by atoms with Gasteiger partial charge in [-0.05, 0) is 70.4 Å². The summed E-state index contributed by atoms with van der Waals surface area (Å²) < 4.78 is 0. The summed E-state index contributed by atoms with van der Waals surface area (Å²) in [7, 11) is 0. The van der Waals surface area contributed by atoms with Gasteiger partial charge in [-0.15, -0.1) is 0 Å². The molecule has 0 aliphatic carbocycles. The van der Waals surface area contributed by atoms with E-state index in [1.54, 1.807) is 36.4 Å². The summed E-state index contributed by atoms with van der Waals surface area (Å²) in [5.41, 5.74) is 2.14. The van der Waals surface area contributed by atoms with Crippen molar-refractivity contribution in [3.8, 4) is 5.75 Å². The minimum Gasteiger partial charge on any atom is -0.508 e. The van der Waals surface area contributed by atoms with Crippen LogP contribution in [-0.2, 0) is 6.54 Å². The maximum Gasteiger partial charge on any atom is 0.335 e. The van der Waals surface area contributed by atoms with E-state index in [1.165, 1.54) is 30.3 Å². The van der Waals surface area contributed by atoms with Crippen LogP contribution in [0.4, 0.5) is 0 Å². The fourth-order valence-electron chi connectivity index (χ4n) is 3.54. The van der Waals surface area contributed by atoms with Crippen molar-refractivity contribution in [3.05, 3.63) is 112 Å². The molecule has 0 aromatic heterocycles. The molecule has 6 nitrogen and oxygen atoms in total. The number of aromatic hydroxyl groups is 1. The molecule has 4 aromatic rings. The number of nitrogens with one attached hydrogen (secondary N) is 1. The van der Waals surface area contributed by atoms with Crippen molar-refractivity contribution in [1.82, 2.24) is 5.32 Å². The zero-order valence-corrected chi connectivity index (χ0v) is 18.1. The van der Waals surface area contributed by atoms with Crippen molar-refractivity contribution in [2.75, 3.05) is 0 Å². The van der Waals surface area contributed by atoms with Crippen LogP contribution in [0.5, 0.6) is 5.75 Å². The third-order valence-electron chi connectivity index (χ3n) is 5.38. The van der Waals surface area contributed by atoms with Crippen LogP contribution in [0.1, 0.15) is 43.5 Å². The van der Waals surface area contributed by atoms with E-state index in [0.717, 1.165) is 5.56 Å². The van der Waals surface area contributed by atoms with Crippen LogP contribution in [0.25, 0.3) is 10.8 Å². The van der Waals surface area contributed by atoms with Gasteiger partial charge >= 0.3 is 5.97 Å². The number of fused-ring (bicyclic) bond motifs is 1. The van der Waals surface area contributed by atoms with Gasteiger partial charge in [0.15, 0.2) is 0 Å². The van der Waals surface area contributed by atoms with Crippen molar-refractivity contribution in [2.24, 2.45) is 0 Å². The Morgan fingerprint density at radius 3 is 2.18 bits per heavy atom. The van der Waals surface area contributed by atoms with Gasteiger partial charge in [-0.25, -0.2) is 4.79 Å². The summed E-state index contributed by atoms with van der Waals surface area (Å²) in [5.74, 6) is -1.42. The van der Waals surface area contributed by atoms with Crippen LogP contribution in [0.2, 0.25) is 5.02 Å². The van der Waals surface area contributed by atoms with Crippen molar-refractivity contribution in [2.45, 2.75) is 12.6 Å². The largest absolute Gasteiger partial charge is 0.508 e. The number of aliphatic hydroxyl groups is 1. The number of carbonyl (C=O) groups excluding carboxylic acids is 1. The molecule has 4 aromatic carbocycles. The van der Waals surface area contributed by atoms with E-state index in [0.29, 0.717) is 33.5 Å². The van der Waals surface area contributed by atoms with Crippen LogP contribution >= 0.6 is 11.6 Å². The zero-order chi connectivity index (χ0) is 23.5. The molecule has 1 atom stereocenters. The first-order chi connectivity index (χ1) is 15.8. The van der Waals surface area contributed by atoms with Gasteiger partial charge in [0.05, 0.1) is 5.56 Å². The topological polar surface area (TPSA) is 107 Å². The summed E-state index contributed by atoms with van der Waals surface area (Å²) in [5, 5.41) is 35.1. The molecule has 0 radical (unpaired) electrons. The fourth-order valence-corrected chi connectivity index (χ4v) is 3.66. The maximum atomic E-state index is 12.6. The Hall–Kier alpha value is -3.87. The van der Waals surface area contributed by atoms with E-state index in [2.05, 4.69) is 5.32 Å². The van der Waals surface area contributed by atoms with Crippen LogP contribution in [0.3, 0.4) is 0 Å². The van der Waals surface area contributed by atoms with Gasteiger partial charge in [0.1, 0.15) is 11.9 Å². The van der Waals surface area contributed by atoms with E-state index in [4.69, 9.17) is 16.7 Å². The molecule has 0 heterocycles. The van der Waals surface area contributed by atoms with E-state index >= 15 is 0 Å². The highest BCUT2D eigenvalue weighted by atomic mass is 35.5. The molecule has 0 bridgehead atoms.